The molecule has 5 nitrogen and oxygen atoms in total. The molecule has 21 heavy (non-hydrogen) atoms. The van der Waals surface area contributed by atoms with Gasteiger partial charge in [0.05, 0.1) is 6.10 Å². The Kier molecular flexibility index (Phi) is 5.79. The zero-order valence-corrected chi connectivity index (χ0v) is 13.7. The van der Waals surface area contributed by atoms with Gasteiger partial charge in [-0.3, -0.25) is 0 Å². The minimum Gasteiger partial charge on any atom is -0.378 e. The van der Waals surface area contributed by atoms with Crippen LogP contribution in [0.5, 0.6) is 0 Å². The third kappa shape index (κ3) is 4.06. The van der Waals surface area contributed by atoms with E-state index >= 15 is 0 Å². The lowest BCUT2D eigenvalue weighted by Gasteiger charge is -2.18. The Bertz CT molecular complexity index is 464. The van der Waals surface area contributed by atoms with E-state index in [2.05, 4.69) is 48.3 Å². The summed E-state index contributed by atoms with van der Waals surface area (Å²) in [6, 6.07) is 0. The molecule has 1 aliphatic heterocycles. The molecule has 0 aliphatic carbocycles. The van der Waals surface area contributed by atoms with E-state index in [-0.39, 0.29) is 0 Å². The van der Waals surface area contributed by atoms with Crippen LogP contribution in [0.1, 0.15) is 45.0 Å². The molecule has 2 atom stereocenters. The molecular weight excluding hydrogens is 264 g/mol. The van der Waals surface area contributed by atoms with Crippen molar-refractivity contribution in [1.82, 2.24) is 9.97 Å². The van der Waals surface area contributed by atoms with Crippen molar-refractivity contribution in [3.05, 3.63) is 11.4 Å². The standard InChI is InChI=1S/C16H28N4O/c1-5-7-14-19-15(17-6-2)11(3)16(20-14)18-10-13-8-9-21-12(13)4/h12-13H,5-10H2,1-4H3,(H2,17,18,19,20). The largest absolute Gasteiger partial charge is 0.378 e. The van der Waals surface area contributed by atoms with E-state index in [4.69, 9.17) is 4.74 Å². The molecule has 1 saturated heterocycles. The van der Waals surface area contributed by atoms with Crippen molar-refractivity contribution in [2.24, 2.45) is 5.92 Å². The van der Waals surface area contributed by atoms with Gasteiger partial charge in [0, 0.05) is 37.6 Å². The fourth-order valence-corrected chi connectivity index (χ4v) is 2.68. The van der Waals surface area contributed by atoms with Gasteiger partial charge in [0.25, 0.3) is 0 Å². The third-order valence-corrected chi connectivity index (χ3v) is 4.07. The summed E-state index contributed by atoms with van der Waals surface area (Å²) in [5, 5.41) is 6.85. The quantitative estimate of drug-likeness (QED) is 0.809. The SMILES string of the molecule is CCCc1nc(NCC)c(C)c(NCC2CCOC2C)n1. The second-order valence-corrected chi connectivity index (χ2v) is 5.75. The number of nitrogens with one attached hydrogen (secondary N) is 2. The summed E-state index contributed by atoms with van der Waals surface area (Å²) in [6.45, 7) is 11.1. The Hall–Kier alpha value is -1.36. The number of rotatable bonds is 7. The van der Waals surface area contributed by atoms with E-state index in [9.17, 15) is 0 Å². The molecule has 0 radical (unpaired) electrons. The average molecular weight is 292 g/mol. The fourth-order valence-electron chi connectivity index (χ4n) is 2.68. The topological polar surface area (TPSA) is 59.1 Å². The first-order valence-electron chi connectivity index (χ1n) is 8.12. The first-order valence-corrected chi connectivity index (χ1v) is 8.12. The molecule has 0 amide bonds. The summed E-state index contributed by atoms with van der Waals surface area (Å²) in [5.74, 6) is 3.39. The molecule has 0 bridgehead atoms. The number of ether oxygens (including phenoxy) is 1. The van der Waals surface area contributed by atoms with Crippen molar-refractivity contribution in [3.8, 4) is 0 Å². The lowest BCUT2D eigenvalue weighted by Crippen LogP contribution is -2.22. The second-order valence-electron chi connectivity index (χ2n) is 5.75. The Labute approximate surface area is 127 Å². The molecule has 2 unspecified atom stereocenters. The summed E-state index contributed by atoms with van der Waals surface area (Å²) in [4.78, 5) is 9.31. The van der Waals surface area contributed by atoms with Crippen LogP contribution in [0.25, 0.3) is 0 Å². The molecule has 1 aliphatic rings. The molecule has 1 aromatic heterocycles. The maximum atomic E-state index is 5.62. The van der Waals surface area contributed by atoms with Crippen LogP contribution in [0, 0.1) is 12.8 Å². The van der Waals surface area contributed by atoms with Gasteiger partial charge >= 0.3 is 0 Å². The van der Waals surface area contributed by atoms with Crippen LogP contribution in [0.15, 0.2) is 0 Å². The van der Waals surface area contributed by atoms with E-state index in [1.165, 1.54) is 0 Å². The van der Waals surface area contributed by atoms with Gasteiger partial charge in [-0.05, 0) is 33.6 Å². The Morgan fingerprint density at radius 3 is 2.48 bits per heavy atom. The van der Waals surface area contributed by atoms with Gasteiger partial charge in [-0.25, -0.2) is 9.97 Å². The molecule has 0 saturated carbocycles. The van der Waals surface area contributed by atoms with Crippen LogP contribution in [0.3, 0.4) is 0 Å². The van der Waals surface area contributed by atoms with E-state index in [1.807, 2.05) is 0 Å². The molecule has 1 aromatic rings. The smallest absolute Gasteiger partial charge is 0.134 e. The number of aromatic nitrogens is 2. The fraction of sp³-hybridized carbons (Fsp3) is 0.750. The molecule has 5 heteroatoms. The normalized spacial score (nSPS) is 21.5. The van der Waals surface area contributed by atoms with Crippen molar-refractivity contribution < 1.29 is 4.74 Å². The summed E-state index contributed by atoms with van der Waals surface area (Å²) in [6.07, 6.45) is 3.43. The Morgan fingerprint density at radius 1 is 1.19 bits per heavy atom. The lowest BCUT2D eigenvalue weighted by atomic mass is 10.0. The predicted molar refractivity (Wildman–Crippen MR) is 86.9 cm³/mol. The van der Waals surface area contributed by atoms with Gasteiger partial charge in [0.15, 0.2) is 0 Å². The maximum absolute atomic E-state index is 5.62. The summed E-state index contributed by atoms with van der Waals surface area (Å²) in [5.41, 5.74) is 1.10. The highest BCUT2D eigenvalue weighted by Crippen LogP contribution is 2.24. The highest BCUT2D eigenvalue weighted by atomic mass is 16.5. The van der Waals surface area contributed by atoms with Crippen molar-refractivity contribution in [1.29, 1.82) is 0 Å². The van der Waals surface area contributed by atoms with E-state index in [0.717, 1.165) is 62.0 Å². The van der Waals surface area contributed by atoms with Crippen molar-refractivity contribution in [2.45, 2.75) is 53.1 Å². The number of hydrogen-bond acceptors (Lipinski definition) is 5. The zero-order valence-electron chi connectivity index (χ0n) is 13.7. The van der Waals surface area contributed by atoms with E-state index in [1.54, 1.807) is 0 Å². The highest BCUT2D eigenvalue weighted by Gasteiger charge is 2.24. The van der Waals surface area contributed by atoms with Gasteiger partial charge in [0.1, 0.15) is 17.5 Å². The summed E-state index contributed by atoms with van der Waals surface area (Å²) in [7, 11) is 0. The van der Waals surface area contributed by atoms with E-state index < -0.39 is 0 Å². The number of aryl methyl sites for hydroxylation is 1. The monoisotopic (exact) mass is 292 g/mol. The first kappa shape index (κ1) is 16.0. The average Bonchev–Trinajstić information content (AvgIpc) is 2.87. The Morgan fingerprint density at radius 2 is 1.90 bits per heavy atom. The van der Waals surface area contributed by atoms with Crippen molar-refractivity contribution >= 4 is 11.6 Å². The van der Waals surface area contributed by atoms with Gasteiger partial charge in [-0.2, -0.15) is 0 Å². The lowest BCUT2D eigenvalue weighted by molar-refractivity contribution is 0.108. The van der Waals surface area contributed by atoms with Crippen LogP contribution >= 0.6 is 0 Å². The van der Waals surface area contributed by atoms with Crippen LogP contribution in [0.4, 0.5) is 11.6 Å². The van der Waals surface area contributed by atoms with Crippen LogP contribution in [-0.2, 0) is 11.2 Å². The molecule has 0 aromatic carbocycles. The third-order valence-electron chi connectivity index (χ3n) is 4.07. The molecule has 2 N–H and O–H groups in total. The first-order chi connectivity index (χ1) is 10.2. The van der Waals surface area contributed by atoms with Crippen LogP contribution in [-0.4, -0.2) is 35.8 Å². The van der Waals surface area contributed by atoms with Gasteiger partial charge < -0.3 is 15.4 Å². The summed E-state index contributed by atoms with van der Waals surface area (Å²) >= 11 is 0. The predicted octanol–water partition coefficient (Wildman–Crippen LogP) is 3.01. The molecule has 0 spiro atoms. The minimum atomic E-state index is 0.336. The second kappa shape index (κ2) is 7.59. The number of nitrogens with zero attached hydrogens (tertiary/aromatic N) is 2. The Balaban J connectivity index is 2.12. The van der Waals surface area contributed by atoms with Gasteiger partial charge in [-0.1, -0.05) is 6.92 Å². The van der Waals surface area contributed by atoms with Crippen LogP contribution < -0.4 is 10.6 Å². The molecule has 2 rings (SSSR count). The van der Waals surface area contributed by atoms with Crippen LogP contribution in [0.2, 0.25) is 0 Å². The minimum absolute atomic E-state index is 0.336. The van der Waals surface area contributed by atoms with Crippen molar-refractivity contribution in [3.63, 3.8) is 0 Å². The molecule has 2 heterocycles. The summed E-state index contributed by atoms with van der Waals surface area (Å²) < 4.78 is 5.62. The maximum Gasteiger partial charge on any atom is 0.134 e. The van der Waals surface area contributed by atoms with Crippen molar-refractivity contribution in [2.75, 3.05) is 30.3 Å². The number of hydrogen-bond donors (Lipinski definition) is 2. The molecular formula is C16H28N4O. The van der Waals surface area contributed by atoms with Gasteiger partial charge in [0.2, 0.25) is 0 Å². The van der Waals surface area contributed by atoms with E-state index in [0.29, 0.717) is 12.0 Å². The molecule has 118 valence electrons. The molecule has 1 fully saturated rings. The van der Waals surface area contributed by atoms with Gasteiger partial charge in [-0.15, -0.1) is 0 Å². The zero-order chi connectivity index (χ0) is 15.2. The number of anilines is 2. The highest BCUT2D eigenvalue weighted by molar-refractivity contribution is 5.57.